The van der Waals surface area contributed by atoms with Crippen LogP contribution in [-0.2, 0) is 4.79 Å². The van der Waals surface area contributed by atoms with E-state index in [0.717, 1.165) is 19.4 Å². The Morgan fingerprint density at radius 1 is 1.75 bits per heavy atom. The summed E-state index contributed by atoms with van der Waals surface area (Å²) >= 11 is 0. The molecular formula is C8H16N2O2. The molecule has 1 aliphatic heterocycles. The second kappa shape index (κ2) is 4.42. The Bertz CT molecular complexity index is 161. The van der Waals surface area contributed by atoms with Crippen molar-refractivity contribution in [3.8, 4) is 0 Å². The van der Waals surface area contributed by atoms with Crippen molar-refractivity contribution in [3.63, 3.8) is 0 Å². The van der Waals surface area contributed by atoms with Gasteiger partial charge in [0.1, 0.15) is 0 Å². The van der Waals surface area contributed by atoms with E-state index in [1.165, 1.54) is 0 Å². The lowest BCUT2D eigenvalue weighted by molar-refractivity contribution is -0.125. The van der Waals surface area contributed by atoms with E-state index < -0.39 is 0 Å². The molecule has 0 bridgehead atoms. The number of carbonyl (C=O) groups excluding carboxylic acids is 1. The van der Waals surface area contributed by atoms with E-state index in [0.29, 0.717) is 6.54 Å². The van der Waals surface area contributed by atoms with Crippen LogP contribution in [-0.4, -0.2) is 48.7 Å². The number of β-amino-alcohol motifs (C(OH)–C–C–N with tert-alkyl or cyclic N) is 1. The number of carbonyl (C=O) groups is 1. The molecule has 2 N–H and O–H groups in total. The van der Waals surface area contributed by atoms with Crippen LogP contribution in [0.15, 0.2) is 0 Å². The van der Waals surface area contributed by atoms with Gasteiger partial charge in [-0.25, -0.2) is 0 Å². The molecule has 1 amide bonds. The van der Waals surface area contributed by atoms with Crippen LogP contribution < -0.4 is 5.32 Å². The minimum absolute atomic E-state index is 0.0119. The lowest BCUT2D eigenvalue weighted by atomic mass is 10.2. The van der Waals surface area contributed by atoms with Crippen LogP contribution >= 0.6 is 0 Å². The molecule has 4 nitrogen and oxygen atoms in total. The number of likely N-dealkylation sites (N-methyl/N-ethyl adjacent to an activating group) is 1. The number of aliphatic hydroxyl groups is 1. The molecule has 1 aliphatic rings. The van der Waals surface area contributed by atoms with Crippen molar-refractivity contribution in [2.45, 2.75) is 18.9 Å². The molecule has 0 saturated carbocycles. The fraction of sp³-hybridized carbons (Fsp3) is 0.875. The van der Waals surface area contributed by atoms with Gasteiger partial charge in [0.25, 0.3) is 0 Å². The summed E-state index contributed by atoms with van der Waals surface area (Å²) in [4.78, 5) is 13.3. The molecule has 12 heavy (non-hydrogen) atoms. The summed E-state index contributed by atoms with van der Waals surface area (Å²) in [5.74, 6) is 0.0703. The maximum absolute atomic E-state index is 11.3. The highest BCUT2D eigenvalue weighted by molar-refractivity contribution is 5.81. The highest BCUT2D eigenvalue weighted by Crippen LogP contribution is 2.16. The molecule has 4 heteroatoms. The van der Waals surface area contributed by atoms with Gasteiger partial charge in [0, 0.05) is 13.6 Å². The van der Waals surface area contributed by atoms with E-state index in [1.807, 2.05) is 4.90 Å². The van der Waals surface area contributed by atoms with E-state index in [-0.39, 0.29) is 18.6 Å². The average Bonchev–Trinajstić information content (AvgIpc) is 2.52. The molecule has 1 fully saturated rings. The third-order valence-electron chi connectivity index (χ3n) is 2.30. The summed E-state index contributed by atoms with van der Waals surface area (Å²) in [5.41, 5.74) is 0. The zero-order chi connectivity index (χ0) is 8.97. The Kier molecular flexibility index (Phi) is 3.49. The molecule has 1 heterocycles. The first-order chi connectivity index (χ1) is 5.79. The van der Waals surface area contributed by atoms with Crippen LogP contribution in [0.2, 0.25) is 0 Å². The molecule has 1 atom stereocenters. The van der Waals surface area contributed by atoms with Gasteiger partial charge in [0.15, 0.2) is 0 Å². The number of nitrogens with zero attached hydrogens (tertiary/aromatic N) is 1. The number of hydrogen-bond donors (Lipinski definition) is 2. The number of nitrogens with one attached hydrogen (secondary N) is 1. The van der Waals surface area contributed by atoms with Crippen molar-refractivity contribution in [1.82, 2.24) is 10.2 Å². The highest BCUT2D eigenvalue weighted by atomic mass is 16.3. The third kappa shape index (κ3) is 1.95. The third-order valence-corrected chi connectivity index (χ3v) is 2.30. The van der Waals surface area contributed by atoms with Crippen LogP contribution in [0.1, 0.15) is 12.8 Å². The van der Waals surface area contributed by atoms with Gasteiger partial charge in [-0.1, -0.05) is 0 Å². The number of aliphatic hydroxyl groups excluding tert-OH is 1. The largest absolute Gasteiger partial charge is 0.395 e. The number of rotatable bonds is 3. The van der Waals surface area contributed by atoms with Gasteiger partial charge in [0.05, 0.1) is 12.6 Å². The van der Waals surface area contributed by atoms with Gasteiger partial charge in [-0.2, -0.15) is 0 Å². The second-order valence-corrected chi connectivity index (χ2v) is 3.03. The quantitative estimate of drug-likeness (QED) is 0.585. The van der Waals surface area contributed by atoms with E-state index in [9.17, 15) is 4.79 Å². The van der Waals surface area contributed by atoms with Crippen molar-refractivity contribution >= 4 is 5.91 Å². The Morgan fingerprint density at radius 2 is 2.50 bits per heavy atom. The molecule has 0 aliphatic carbocycles. The molecule has 0 spiro atoms. The fourth-order valence-corrected chi connectivity index (χ4v) is 1.69. The lowest BCUT2D eigenvalue weighted by Crippen LogP contribution is -2.42. The molecule has 0 aromatic rings. The van der Waals surface area contributed by atoms with Crippen LogP contribution in [0.5, 0.6) is 0 Å². The molecule has 1 rings (SSSR count). The number of likely N-dealkylation sites (tertiary alicyclic amines) is 1. The second-order valence-electron chi connectivity index (χ2n) is 3.03. The van der Waals surface area contributed by atoms with Crippen molar-refractivity contribution < 1.29 is 9.90 Å². The minimum atomic E-state index is -0.0119. The minimum Gasteiger partial charge on any atom is -0.395 e. The SMILES string of the molecule is CNC(=O)[C@@H]1CCCN1CCO. The van der Waals surface area contributed by atoms with E-state index in [1.54, 1.807) is 7.05 Å². The predicted octanol–water partition coefficient (Wildman–Crippen LogP) is -0.811. The van der Waals surface area contributed by atoms with Gasteiger partial charge in [-0.05, 0) is 19.4 Å². The zero-order valence-electron chi connectivity index (χ0n) is 7.42. The van der Waals surface area contributed by atoms with Crippen molar-refractivity contribution in [2.24, 2.45) is 0 Å². The normalized spacial score (nSPS) is 24.3. The zero-order valence-corrected chi connectivity index (χ0v) is 7.42. The van der Waals surface area contributed by atoms with E-state index in [4.69, 9.17) is 5.11 Å². The Labute approximate surface area is 72.6 Å². The van der Waals surface area contributed by atoms with Crippen LogP contribution in [0.4, 0.5) is 0 Å². The van der Waals surface area contributed by atoms with Crippen molar-refractivity contribution in [3.05, 3.63) is 0 Å². The Morgan fingerprint density at radius 3 is 3.08 bits per heavy atom. The first kappa shape index (κ1) is 9.48. The molecular weight excluding hydrogens is 156 g/mol. The molecule has 0 radical (unpaired) electrons. The van der Waals surface area contributed by atoms with E-state index in [2.05, 4.69) is 5.32 Å². The topological polar surface area (TPSA) is 52.6 Å². The molecule has 0 unspecified atom stereocenters. The van der Waals surface area contributed by atoms with Crippen molar-refractivity contribution in [2.75, 3.05) is 26.7 Å². The number of hydrogen-bond acceptors (Lipinski definition) is 3. The Balaban J connectivity index is 2.45. The summed E-state index contributed by atoms with van der Waals surface area (Å²) < 4.78 is 0. The standard InChI is InChI=1S/C8H16N2O2/c1-9-8(12)7-3-2-4-10(7)5-6-11/h7,11H,2-6H2,1H3,(H,9,12)/t7-/m0/s1. The molecule has 0 aromatic heterocycles. The smallest absolute Gasteiger partial charge is 0.237 e. The first-order valence-corrected chi connectivity index (χ1v) is 4.36. The summed E-state index contributed by atoms with van der Waals surface area (Å²) in [5, 5.41) is 11.4. The van der Waals surface area contributed by atoms with Gasteiger partial charge in [-0.3, -0.25) is 9.69 Å². The fourth-order valence-electron chi connectivity index (χ4n) is 1.69. The maximum atomic E-state index is 11.3. The van der Waals surface area contributed by atoms with Gasteiger partial charge < -0.3 is 10.4 Å². The lowest BCUT2D eigenvalue weighted by Gasteiger charge is -2.21. The monoisotopic (exact) mass is 172 g/mol. The van der Waals surface area contributed by atoms with Crippen LogP contribution in [0, 0.1) is 0 Å². The average molecular weight is 172 g/mol. The summed E-state index contributed by atoms with van der Waals surface area (Å²) in [7, 11) is 1.65. The summed E-state index contributed by atoms with van der Waals surface area (Å²) in [6.07, 6.45) is 1.97. The van der Waals surface area contributed by atoms with Gasteiger partial charge in [0.2, 0.25) is 5.91 Å². The van der Waals surface area contributed by atoms with Crippen LogP contribution in [0.3, 0.4) is 0 Å². The summed E-state index contributed by atoms with van der Waals surface area (Å²) in [6.45, 7) is 1.67. The van der Waals surface area contributed by atoms with Crippen molar-refractivity contribution in [1.29, 1.82) is 0 Å². The molecule has 0 aromatic carbocycles. The predicted molar refractivity (Wildman–Crippen MR) is 45.7 cm³/mol. The maximum Gasteiger partial charge on any atom is 0.237 e. The molecule has 1 saturated heterocycles. The van der Waals surface area contributed by atoms with Crippen LogP contribution in [0.25, 0.3) is 0 Å². The van der Waals surface area contributed by atoms with Gasteiger partial charge in [-0.15, -0.1) is 0 Å². The molecule has 70 valence electrons. The van der Waals surface area contributed by atoms with Gasteiger partial charge >= 0.3 is 0 Å². The Hall–Kier alpha value is -0.610. The van der Waals surface area contributed by atoms with E-state index >= 15 is 0 Å². The first-order valence-electron chi connectivity index (χ1n) is 4.36. The highest BCUT2D eigenvalue weighted by Gasteiger charge is 2.28. The summed E-state index contributed by atoms with van der Waals surface area (Å²) in [6, 6.07) is -0.0119. The number of amides is 1.